The molecule has 4 aliphatic carbocycles. The molecule has 30 heavy (non-hydrogen) atoms. The summed E-state index contributed by atoms with van der Waals surface area (Å²) in [5, 5.41) is 12.7. The van der Waals surface area contributed by atoms with Gasteiger partial charge in [-0.3, -0.25) is 0 Å². The predicted molar refractivity (Wildman–Crippen MR) is 121 cm³/mol. The molecule has 0 aromatic heterocycles. The van der Waals surface area contributed by atoms with Crippen LogP contribution < -0.4 is 5.11 Å². The van der Waals surface area contributed by atoms with Crippen molar-refractivity contribution < 1.29 is 5.11 Å². The third-order valence-corrected chi connectivity index (χ3v) is 10.1. The molecule has 4 bridgehead atoms. The van der Waals surface area contributed by atoms with Crippen LogP contribution in [0.2, 0.25) is 0 Å². The van der Waals surface area contributed by atoms with E-state index in [4.69, 9.17) is 0 Å². The van der Waals surface area contributed by atoms with Crippen molar-refractivity contribution in [1.29, 1.82) is 0 Å². The average molecular weight is 413 g/mol. The van der Waals surface area contributed by atoms with Gasteiger partial charge in [-0.25, -0.2) is 0 Å². The topological polar surface area (TPSA) is 23.1 Å². The first-order valence-electron chi connectivity index (χ1n) is 11.4. The van der Waals surface area contributed by atoms with Crippen molar-refractivity contribution in [3.8, 4) is 5.75 Å². The SMILES string of the molecule is [O-]c1ccccc1[S+](c1ccccc1)c1ccc(C23CC4CC(CC(C4)C2)C3)cc1. The summed E-state index contributed by atoms with van der Waals surface area (Å²) in [5.41, 5.74) is 1.98. The van der Waals surface area contributed by atoms with E-state index in [0.717, 1.165) is 22.6 Å². The van der Waals surface area contributed by atoms with Gasteiger partial charge in [-0.1, -0.05) is 54.3 Å². The molecule has 4 aliphatic rings. The second kappa shape index (κ2) is 7.20. The van der Waals surface area contributed by atoms with E-state index in [-0.39, 0.29) is 16.6 Å². The molecular formula is C28H28OS. The molecule has 0 radical (unpaired) electrons. The average Bonchev–Trinajstić information content (AvgIpc) is 2.76. The van der Waals surface area contributed by atoms with E-state index in [2.05, 4.69) is 48.5 Å². The molecule has 152 valence electrons. The molecule has 0 saturated heterocycles. The second-order valence-electron chi connectivity index (χ2n) is 9.79. The summed E-state index contributed by atoms with van der Waals surface area (Å²) in [4.78, 5) is 3.35. The Morgan fingerprint density at radius 1 is 0.633 bits per heavy atom. The van der Waals surface area contributed by atoms with Crippen molar-refractivity contribution in [3.05, 3.63) is 84.4 Å². The minimum absolute atomic E-state index is 0.134. The van der Waals surface area contributed by atoms with Gasteiger partial charge in [0.25, 0.3) is 0 Å². The van der Waals surface area contributed by atoms with Crippen molar-refractivity contribution in [2.45, 2.75) is 58.6 Å². The molecule has 2 heteroatoms. The molecule has 0 spiro atoms. The Kier molecular flexibility index (Phi) is 4.46. The smallest absolute Gasteiger partial charge is 0.166 e. The zero-order valence-electron chi connectivity index (χ0n) is 17.3. The zero-order valence-corrected chi connectivity index (χ0v) is 18.1. The molecule has 7 rings (SSSR count). The molecule has 1 unspecified atom stereocenters. The van der Waals surface area contributed by atoms with Gasteiger partial charge >= 0.3 is 0 Å². The van der Waals surface area contributed by atoms with E-state index < -0.39 is 0 Å². The fraction of sp³-hybridized carbons (Fsp3) is 0.357. The van der Waals surface area contributed by atoms with Crippen LogP contribution in [0.5, 0.6) is 5.75 Å². The third kappa shape index (κ3) is 3.08. The fourth-order valence-corrected chi connectivity index (χ4v) is 9.08. The van der Waals surface area contributed by atoms with Crippen molar-refractivity contribution in [2.24, 2.45) is 17.8 Å². The van der Waals surface area contributed by atoms with Gasteiger partial charge in [-0.15, -0.1) is 0 Å². The van der Waals surface area contributed by atoms with Gasteiger partial charge in [0.2, 0.25) is 0 Å². The summed E-state index contributed by atoms with van der Waals surface area (Å²) in [6.45, 7) is 0. The van der Waals surface area contributed by atoms with E-state index >= 15 is 0 Å². The first kappa shape index (κ1) is 18.6. The second-order valence-corrected chi connectivity index (χ2v) is 11.8. The number of hydrogen-bond acceptors (Lipinski definition) is 1. The minimum atomic E-state index is -0.359. The summed E-state index contributed by atoms with van der Waals surface area (Å²) >= 11 is 0. The van der Waals surface area contributed by atoms with Gasteiger partial charge < -0.3 is 5.11 Å². The van der Waals surface area contributed by atoms with E-state index in [1.165, 1.54) is 48.3 Å². The Balaban J connectivity index is 1.39. The van der Waals surface area contributed by atoms with Crippen LogP contribution in [-0.4, -0.2) is 0 Å². The molecular weight excluding hydrogens is 384 g/mol. The summed E-state index contributed by atoms with van der Waals surface area (Å²) in [5.74, 6) is 3.02. The first-order chi connectivity index (χ1) is 14.7. The maximum Gasteiger partial charge on any atom is 0.166 e. The van der Waals surface area contributed by atoms with Crippen LogP contribution in [0.4, 0.5) is 0 Å². The van der Waals surface area contributed by atoms with E-state index in [1.807, 2.05) is 24.3 Å². The maximum absolute atomic E-state index is 12.7. The van der Waals surface area contributed by atoms with Gasteiger partial charge in [-0.2, -0.15) is 0 Å². The molecule has 0 N–H and O–H groups in total. The fourth-order valence-electron chi connectivity index (χ4n) is 6.97. The molecule has 0 amide bonds. The molecule has 4 saturated carbocycles. The molecule has 1 atom stereocenters. The van der Waals surface area contributed by atoms with Crippen LogP contribution >= 0.6 is 0 Å². The van der Waals surface area contributed by atoms with Gasteiger partial charge in [-0.05, 0) is 97.6 Å². The van der Waals surface area contributed by atoms with Crippen LogP contribution in [0, 0.1) is 17.8 Å². The summed E-state index contributed by atoms with van der Waals surface area (Å²) < 4.78 is 0. The van der Waals surface area contributed by atoms with E-state index in [1.54, 1.807) is 11.6 Å². The van der Waals surface area contributed by atoms with Gasteiger partial charge in [0.05, 0.1) is 10.9 Å². The number of benzene rings is 3. The number of rotatable bonds is 4. The van der Waals surface area contributed by atoms with Crippen LogP contribution in [-0.2, 0) is 16.3 Å². The van der Waals surface area contributed by atoms with Gasteiger partial charge in [0.1, 0.15) is 0 Å². The Labute approximate surface area is 182 Å². The highest BCUT2D eigenvalue weighted by Crippen LogP contribution is 2.60. The minimum Gasteiger partial charge on any atom is -0.869 e. The largest absolute Gasteiger partial charge is 0.869 e. The molecule has 0 heterocycles. The highest BCUT2D eigenvalue weighted by atomic mass is 32.2. The molecule has 1 nitrogen and oxygen atoms in total. The Hall–Kier alpha value is -2.19. The Morgan fingerprint density at radius 2 is 1.17 bits per heavy atom. The lowest BCUT2D eigenvalue weighted by Gasteiger charge is -2.57. The predicted octanol–water partition coefficient (Wildman–Crippen LogP) is 6.32. The summed E-state index contributed by atoms with van der Waals surface area (Å²) in [7, 11) is -0.359. The summed E-state index contributed by atoms with van der Waals surface area (Å²) in [6, 6.07) is 27.5. The molecule has 3 aromatic carbocycles. The number of hydrogen-bond donors (Lipinski definition) is 0. The lowest BCUT2D eigenvalue weighted by atomic mass is 9.48. The quantitative estimate of drug-likeness (QED) is 0.460. The first-order valence-corrected chi connectivity index (χ1v) is 12.6. The van der Waals surface area contributed by atoms with Crippen molar-refractivity contribution in [3.63, 3.8) is 0 Å². The van der Waals surface area contributed by atoms with Crippen LogP contribution in [0.1, 0.15) is 44.1 Å². The Morgan fingerprint density at radius 3 is 1.77 bits per heavy atom. The standard InChI is InChI=1S/C28H28OS/c29-26-8-4-5-9-27(26)30(24-6-2-1-3-7-24)25-12-10-23(11-13-25)28-17-20-14-21(18-28)16-22(15-20)19-28/h1-13,20-22H,14-19H2. The zero-order chi connectivity index (χ0) is 20.1. The van der Waals surface area contributed by atoms with E-state index in [9.17, 15) is 5.11 Å². The van der Waals surface area contributed by atoms with Crippen molar-refractivity contribution in [2.75, 3.05) is 0 Å². The third-order valence-electron chi connectivity index (χ3n) is 7.79. The Bertz CT molecular complexity index is 1000. The molecule has 0 aliphatic heterocycles. The van der Waals surface area contributed by atoms with Gasteiger partial charge in [0.15, 0.2) is 14.7 Å². The lowest BCUT2D eigenvalue weighted by Crippen LogP contribution is -2.48. The maximum atomic E-state index is 12.7. The normalized spacial score (nSPS) is 30.3. The molecule has 3 aromatic rings. The monoisotopic (exact) mass is 412 g/mol. The van der Waals surface area contributed by atoms with Crippen LogP contribution in [0.25, 0.3) is 0 Å². The van der Waals surface area contributed by atoms with Crippen LogP contribution in [0.15, 0.2) is 93.5 Å². The lowest BCUT2D eigenvalue weighted by molar-refractivity contribution is -0.272. The highest BCUT2D eigenvalue weighted by molar-refractivity contribution is 7.97. The summed E-state index contributed by atoms with van der Waals surface area (Å²) in [6.07, 6.45) is 8.63. The van der Waals surface area contributed by atoms with Crippen molar-refractivity contribution >= 4 is 10.9 Å². The molecule has 4 fully saturated rings. The highest BCUT2D eigenvalue weighted by Gasteiger charge is 2.51. The van der Waals surface area contributed by atoms with Crippen molar-refractivity contribution in [1.82, 2.24) is 0 Å². The van der Waals surface area contributed by atoms with Crippen LogP contribution in [0.3, 0.4) is 0 Å². The number of para-hydroxylation sites is 1. The van der Waals surface area contributed by atoms with E-state index in [0.29, 0.717) is 5.41 Å². The van der Waals surface area contributed by atoms with Gasteiger partial charge in [0, 0.05) is 0 Å².